The van der Waals surface area contributed by atoms with Crippen molar-refractivity contribution >= 4 is 28.5 Å². The van der Waals surface area contributed by atoms with Crippen LogP contribution in [0.3, 0.4) is 0 Å². The van der Waals surface area contributed by atoms with Gasteiger partial charge in [0.2, 0.25) is 5.91 Å². The Labute approximate surface area is 164 Å². The highest BCUT2D eigenvalue weighted by molar-refractivity contribution is 6.30. The fourth-order valence-corrected chi connectivity index (χ4v) is 4.10. The zero-order valence-corrected chi connectivity index (χ0v) is 15.7. The molecule has 1 aromatic heterocycles. The standard InChI is InChI=1S/C20H18ClF2N3O2/c21-13-6-12(7-15(23)9-13)8-19(27)25-5-1-2-16(11-25)26-18-4-3-14(22)10-17(18)24-20(26)28/h3-4,6-7,9-10,16H,1-2,5,8,11H2,(H,24,28)/t16-/m0/s1. The van der Waals surface area contributed by atoms with Crippen molar-refractivity contribution < 1.29 is 13.6 Å². The largest absolute Gasteiger partial charge is 0.340 e. The SMILES string of the molecule is O=C(Cc1cc(F)cc(Cl)c1)N1CCC[C@H](n2c(=O)[nH]c3cc(F)ccc32)C1. The Morgan fingerprint density at radius 1 is 1.18 bits per heavy atom. The first-order valence-electron chi connectivity index (χ1n) is 9.03. The van der Waals surface area contributed by atoms with Gasteiger partial charge in [-0.25, -0.2) is 13.6 Å². The van der Waals surface area contributed by atoms with E-state index in [9.17, 15) is 18.4 Å². The summed E-state index contributed by atoms with van der Waals surface area (Å²) in [6.45, 7) is 0.941. The molecule has 3 aromatic rings. The lowest BCUT2D eigenvalue weighted by molar-refractivity contribution is -0.132. The lowest BCUT2D eigenvalue weighted by atomic mass is 10.0. The van der Waals surface area contributed by atoms with Crippen molar-refractivity contribution in [3.63, 3.8) is 0 Å². The summed E-state index contributed by atoms with van der Waals surface area (Å²) in [7, 11) is 0. The minimum Gasteiger partial charge on any atom is -0.340 e. The van der Waals surface area contributed by atoms with Gasteiger partial charge >= 0.3 is 5.69 Å². The number of nitrogens with zero attached hydrogens (tertiary/aromatic N) is 2. The van der Waals surface area contributed by atoms with Crippen LogP contribution in [-0.4, -0.2) is 33.4 Å². The van der Waals surface area contributed by atoms with E-state index in [1.807, 2.05) is 0 Å². The molecule has 5 nitrogen and oxygen atoms in total. The molecule has 0 aliphatic carbocycles. The number of H-pyrrole nitrogens is 1. The van der Waals surface area contributed by atoms with E-state index in [2.05, 4.69) is 4.98 Å². The van der Waals surface area contributed by atoms with Gasteiger partial charge in [-0.2, -0.15) is 0 Å². The number of fused-ring (bicyclic) bond motifs is 1. The van der Waals surface area contributed by atoms with Gasteiger partial charge in [0.15, 0.2) is 0 Å². The number of aromatic amines is 1. The number of carbonyl (C=O) groups excluding carboxylic acids is 1. The third-order valence-corrected chi connectivity index (χ3v) is 5.29. The topological polar surface area (TPSA) is 58.1 Å². The first-order chi connectivity index (χ1) is 13.4. The van der Waals surface area contributed by atoms with Gasteiger partial charge in [0.05, 0.1) is 23.5 Å². The zero-order chi connectivity index (χ0) is 19.8. The molecule has 28 heavy (non-hydrogen) atoms. The van der Waals surface area contributed by atoms with Gasteiger partial charge < -0.3 is 9.88 Å². The molecule has 1 N–H and O–H groups in total. The Kier molecular flexibility index (Phi) is 4.93. The molecule has 1 saturated heterocycles. The third kappa shape index (κ3) is 3.67. The number of benzene rings is 2. The average molecular weight is 406 g/mol. The minimum atomic E-state index is -0.482. The van der Waals surface area contributed by atoms with Gasteiger partial charge in [0, 0.05) is 18.1 Å². The third-order valence-electron chi connectivity index (χ3n) is 5.07. The Bertz CT molecular complexity index is 1090. The van der Waals surface area contributed by atoms with E-state index in [1.54, 1.807) is 21.6 Å². The molecule has 0 saturated carbocycles. The van der Waals surface area contributed by atoms with Crippen LogP contribution in [0.1, 0.15) is 24.4 Å². The highest BCUT2D eigenvalue weighted by Crippen LogP contribution is 2.25. The Hall–Kier alpha value is -2.67. The summed E-state index contributed by atoms with van der Waals surface area (Å²) in [4.78, 5) is 29.5. The molecule has 2 aromatic carbocycles. The molecule has 1 amide bonds. The second kappa shape index (κ2) is 7.39. The quantitative estimate of drug-likeness (QED) is 0.722. The second-order valence-electron chi connectivity index (χ2n) is 7.05. The number of hydrogen-bond acceptors (Lipinski definition) is 2. The summed E-state index contributed by atoms with van der Waals surface area (Å²) in [6, 6.07) is 8.02. The number of hydrogen-bond donors (Lipinski definition) is 1. The molecule has 0 radical (unpaired) electrons. The second-order valence-corrected chi connectivity index (χ2v) is 7.49. The van der Waals surface area contributed by atoms with Crippen LogP contribution in [0.2, 0.25) is 5.02 Å². The number of amides is 1. The summed E-state index contributed by atoms with van der Waals surface area (Å²) in [5.41, 5.74) is 1.24. The predicted molar refractivity (Wildman–Crippen MR) is 102 cm³/mol. The van der Waals surface area contributed by atoms with Crippen LogP contribution < -0.4 is 5.69 Å². The maximum Gasteiger partial charge on any atom is 0.326 e. The molecule has 1 fully saturated rings. The first kappa shape index (κ1) is 18.7. The number of imidazole rings is 1. The van der Waals surface area contributed by atoms with E-state index in [0.29, 0.717) is 29.7 Å². The molecule has 1 aliphatic heterocycles. The van der Waals surface area contributed by atoms with Crippen molar-refractivity contribution in [1.29, 1.82) is 0 Å². The fraction of sp³-hybridized carbons (Fsp3) is 0.300. The average Bonchev–Trinajstić information content (AvgIpc) is 2.95. The van der Waals surface area contributed by atoms with Crippen molar-refractivity contribution in [3.8, 4) is 0 Å². The number of aromatic nitrogens is 2. The van der Waals surface area contributed by atoms with Crippen LogP contribution in [-0.2, 0) is 11.2 Å². The first-order valence-corrected chi connectivity index (χ1v) is 9.41. The number of carbonyl (C=O) groups is 1. The van der Waals surface area contributed by atoms with E-state index < -0.39 is 11.6 Å². The monoisotopic (exact) mass is 405 g/mol. The highest BCUT2D eigenvalue weighted by atomic mass is 35.5. The number of piperidine rings is 1. The predicted octanol–water partition coefficient (Wildman–Crippen LogP) is 3.67. The molecule has 1 atom stereocenters. The molecule has 8 heteroatoms. The summed E-state index contributed by atoms with van der Waals surface area (Å²) in [6.07, 6.45) is 1.51. The van der Waals surface area contributed by atoms with Crippen LogP contribution in [0, 0.1) is 11.6 Å². The van der Waals surface area contributed by atoms with Crippen LogP contribution in [0.4, 0.5) is 8.78 Å². The lowest BCUT2D eigenvalue weighted by Crippen LogP contribution is -2.43. The molecule has 0 unspecified atom stereocenters. The van der Waals surface area contributed by atoms with Gasteiger partial charge in [-0.3, -0.25) is 9.36 Å². The van der Waals surface area contributed by atoms with E-state index in [0.717, 1.165) is 12.8 Å². The molecular weight excluding hydrogens is 388 g/mol. The number of rotatable bonds is 3. The smallest absolute Gasteiger partial charge is 0.326 e. The van der Waals surface area contributed by atoms with E-state index >= 15 is 0 Å². The van der Waals surface area contributed by atoms with Gasteiger partial charge in [-0.05, 0) is 54.8 Å². The van der Waals surface area contributed by atoms with Crippen molar-refractivity contribution in [3.05, 3.63) is 69.1 Å². The molecule has 2 heterocycles. The van der Waals surface area contributed by atoms with Gasteiger partial charge in [-0.15, -0.1) is 0 Å². The molecule has 0 bridgehead atoms. The van der Waals surface area contributed by atoms with E-state index in [1.165, 1.54) is 24.3 Å². The Morgan fingerprint density at radius 3 is 2.79 bits per heavy atom. The fourth-order valence-electron chi connectivity index (χ4n) is 3.86. The van der Waals surface area contributed by atoms with E-state index in [-0.39, 0.29) is 29.1 Å². The van der Waals surface area contributed by atoms with Crippen molar-refractivity contribution in [2.24, 2.45) is 0 Å². The van der Waals surface area contributed by atoms with Crippen molar-refractivity contribution in [2.45, 2.75) is 25.3 Å². The molecule has 1 aliphatic rings. The molecule has 4 rings (SSSR count). The van der Waals surface area contributed by atoms with E-state index in [4.69, 9.17) is 11.6 Å². The molecular formula is C20H18ClF2N3O2. The van der Waals surface area contributed by atoms with Crippen LogP contribution >= 0.6 is 11.6 Å². The van der Waals surface area contributed by atoms with Crippen LogP contribution in [0.15, 0.2) is 41.2 Å². The summed E-state index contributed by atoms with van der Waals surface area (Å²) >= 11 is 5.86. The van der Waals surface area contributed by atoms with Crippen molar-refractivity contribution in [1.82, 2.24) is 14.5 Å². The molecule has 0 spiro atoms. The number of likely N-dealkylation sites (tertiary alicyclic amines) is 1. The normalized spacial score (nSPS) is 17.2. The van der Waals surface area contributed by atoms with Crippen LogP contribution in [0.25, 0.3) is 11.0 Å². The van der Waals surface area contributed by atoms with Gasteiger partial charge in [0.25, 0.3) is 0 Å². The summed E-state index contributed by atoms with van der Waals surface area (Å²) < 4.78 is 28.5. The van der Waals surface area contributed by atoms with Crippen molar-refractivity contribution in [2.75, 3.05) is 13.1 Å². The Morgan fingerprint density at radius 2 is 2.00 bits per heavy atom. The lowest BCUT2D eigenvalue weighted by Gasteiger charge is -2.33. The highest BCUT2D eigenvalue weighted by Gasteiger charge is 2.27. The minimum absolute atomic E-state index is 0.0399. The Balaban J connectivity index is 1.55. The maximum absolute atomic E-state index is 13.5. The van der Waals surface area contributed by atoms with Gasteiger partial charge in [0.1, 0.15) is 11.6 Å². The molecule has 146 valence electrons. The number of halogens is 3. The maximum atomic E-state index is 13.5. The summed E-state index contributed by atoms with van der Waals surface area (Å²) in [5.74, 6) is -1.05. The zero-order valence-electron chi connectivity index (χ0n) is 14.9. The van der Waals surface area contributed by atoms with Gasteiger partial charge in [-0.1, -0.05) is 11.6 Å². The van der Waals surface area contributed by atoms with Crippen LogP contribution in [0.5, 0.6) is 0 Å². The summed E-state index contributed by atoms with van der Waals surface area (Å²) in [5, 5.41) is 0.247. The number of nitrogens with one attached hydrogen (secondary N) is 1.